The number of hydrogen-bond acceptors (Lipinski definition) is 5. The lowest BCUT2D eigenvalue weighted by atomic mass is 10.2. The molecule has 3 heterocycles. The Morgan fingerprint density at radius 3 is 2.64 bits per heavy atom. The predicted octanol–water partition coefficient (Wildman–Crippen LogP) is 0.731. The maximum absolute atomic E-state index is 12.8. The number of rotatable bonds is 4. The first-order valence-electron chi connectivity index (χ1n) is 7.40. The van der Waals surface area contributed by atoms with E-state index in [0.29, 0.717) is 11.4 Å². The van der Waals surface area contributed by atoms with Crippen molar-refractivity contribution in [1.82, 2.24) is 29.1 Å². The average Bonchev–Trinajstić information content (AvgIpc) is 3.12. The van der Waals surface area contributed by atoms with Crippen LogP contribution in [0.4, 0.5) is 4.39 Å². The van der Waals surface area contributed by atoms with Crippen molar-refractivity contribution in [2.45, 2.75) is 13.0 Å². The highest BCUT2D eigenvalue weighted by atomic mass is 19.1. The molecule has 0 saturated heterocycles. The van der Waals surface area contributed by atoms with Crippen LogP contribution in [0.5, 0.6) is 0 Å². The fraction of sp³-hybridized carbons (Fsp3) is 0.125. The van der Waals surface area contributed by atoms with Crippen molar-refractivity contribution in [3.05, 3.63) is 81.1 Å². The number of aromatic nitrogens is 6. The Labute approximate surface area is 139 Å². The fourth-order valence-electron chi connectivity index (χ4n) is 2.44. The third kappa shape index (κ3) is 2.73. The monoisotopic (exact) mass is 338 g/mol. The van der Waals surface area contributed by atoms with E-state index >= 15 is 0 Å². The van der Waals surface area contributed by atoms with Crippen molar-refractivity contribution >= 4 is 5.70 Å². The molecule has 0 spiro atoms. The summed E-state index contributed by atoms with van der Waals surface area (Å²) in [6.45, 7) is 0.149. The Kier molecular flexibility index (Phi) is 3.48. The Balaban J connectivity index is 1.61. The molecule has 9 heteroatoms. The number of allylic oxidation sites excluding steroid dienone is 1. The summed E-state index contributed by atoms with van der Waals surface area (Å²) in [5.41, 5.74) is 2.62. The fourth-order valence-corrected chi connectivity index (χ4v) is 2.44. The third-order valence-corrected chi connectivity index (χ3v) is 3.78. The zero-order valence-electron chi connectivity index (χ0n) is 12.8. The first kappa shape index (κ1) is 15.0. The molecule has 124 valence electrons. The molecule has 0 bridgehead atoms. The van der Waals surface area contributed by atoms with Crippen molar-refractivity contribution in [3.63, 3.8) is 0 Å². The highest BCUT2D eigenvalue weighted by molar-refractivity contribution is 5.54. The van der Waals surface area contributed by atoms with Gasteiger partial charge in [-0.15, -0.1) is 5.10 Å². The maximum atomic E-state index is 12.8. The molecule has 4 rings (SSSR count). The van der Waals surface area contributed by atoms with Crippen LogP contribution in [0.3, 0.4) is 0 Å². The second-order valence-corrected chi connectivity index (χ2v) is 5.42. The first-order valence-corrected chi connectivity index (χ1v) is 7.40. The van der Waals surface area contributed by atoms with Crippen LogP contribution in [0.1, 0.15) is 12.1 Å². The van der Waals surface area contributed by atoms with Crippen LogP contribution < -0.4 is 11.1 Å². The Bertz CT molecular complexity index is 1120. The molecule has 0 N–H and O–H groups in total. The van der Waals surface area contributed by atoms with Gasteiger partial charge >= 0.3 is 11.1 Å². The van der Waals surface area contributed by atoms with Crippen molar-refractivity contribution < 1.29 is 4.39 Å². The van der Waals surface area contributed by atoms with Crippen LogP contribution in [0, 0.1) is 0 Å². The zero-order chi connectivity index (χ0) is 17.4. The van der Waals surface area contributed by atoms with Crippen molar-refractivity contribution in [3.8, 4) is 5.69 Å². The predicted molar refractivity (Wildman–Crippen MR) is 85.7 cm³/mol. The van der Waals surface area contributed by atoms with Gasteiger partial charge in [-0.25, -0.2) is 9.07 Å². The molecule has 8 nitrogen and oxygen atoms in total. The number of halogens is 1. The molecule has 0 radical (unpaired) electrons. The normalized spacial score (nSPS) is 13.2. The summed E-state index contributed by atoms with van der Waals surface area (Å²) in [6, 6.07) is 3.53. The third-order valence-electron chi connectivity index (χ3n) is 3.78. The molecule has 0 amide bonds. The van der Waals surface area contributed by atoms with Gasteiger partial charge in [0.25, 0.3) is 0 Å². The minimum absolute atomic E-state index is 0.00859. The van der Waals surface area contributed by atoms with Gasteiger partial charge in [0.1, 0.15) is 0 Å². The van der Waals surface area contributed by atoms with E-state index in [1.807, 2.05) is 0 Å². The smallest absolute Gasteiger partial charge is 0.303 e. The molecule has 0 saturated carbocycles. The quantitative estimate of drug-likeness (QED) is 0.517. The van der Waals surface area contributed by atoms with E-state index in [1.165, 1.54) is 17.0 Å². The molecule has 0 atom stereocenters. The minimum atomic E-state index is -0.739. The zero-order valence-corrected chi connectivity index (χ0v) is 12.8. The Morgan fingerprint density at radius 2 is 2.00 bits per heavy atom. The van der Waals surface area contributed by atoms with Gasteiger partial charge in [-0.2, -0.15) is 0 Å². The molecule has 25 heavy (non-hydrogen) atoms. The van der Waals surface area contributed by atoms with E-state index < -0.39 is 16.9 Å². The topological polar surface area (TPSA) is 87.6 Å². The van der Waals surface area contributed by atoms with Gasteiger partial charge in [-0.3, -0.25) is 19.1 Å². The minimum Gasteiger partial charge on any atom is -0.303 e. The van der Waals surface area contributed by atoms with E-state index in [4.69, 9.17) is 0 Å². The highest BCUT2D eigenvalue weighted by Crippen LogP contribution is 2.22. The SMILES string of the molecule is O=c1c(=O)n(C2=C=C(F)C2)ccn1Cc1ccc(-n2ccnn2)cn1. The lowest BCUT2D eigenvalue weighted by molar-refractivity contribution is 0.599. The van der Waals surface area contributed by atoms with Crippen LogP contribution >= 0.6 is 0 Å². The summed E-state index contributed by atoms with van der Waals surface area (Å²) >= 11 is 0. The van der Waals surface area contributed by atoms with Gasteiger partial charge < -0.3 is 4.57 Å². The number of hydrogen-bond donors (Lipinski definition) is 0. The summed E-state index contributed by atoms with van der Waals surface area (Å²) in [5, 5.41) is 7.58. The highest BCUT2D eigenvalue weighted by Gasteiger charge is 2.16. The van der Waals surface area contributed by atoms with Gasteiger partial charge in [-0.05, 0) is 12.1 Å². The van der Waals surface area contributed by atoms with Crippen molar-refractivity contribution in [2.75, 3.05) is 0 Å². The summed E-state index contributed by atoms with van der Waals surface area (Å²) < 4.78 is 16.7. The summed E-state index contributed by atoms with van der Waals surface area (Å²) in [5.74, 6) is -0.428. The van der Waals surface area contributed by atoms with E-state index in [-0.39, 0.29) is 13.0 Å². The van der Waals surface area contributed by atoms with Gasteiger partial charge in [0.05, 0.1) is 48.6 Å². The standard InChI is InChI=1S/C16H11FN6O2/c17-11-7-14(8-11)22-6-5-21(15(24)16(22)25)10-12-1-2-13(9-18-12)23-4-3-19-20-23/h1-6,9H,7,10H2. The van der Waals surface area contributed by atoms with Crippen molar-refractivity contribution in [2.24, 2.45) is 0 Å². The van der Waals surface area contributed by atoms with Crippen molar-refractivity contribution in [1.29, 1.82) is 0 Å². The van der Waals surface area contributed by atoms with E-state index in [1.54, 1.807) is 35.4 Å². The molecular weight excluding hydrogens is 327 g/mol. The van der Waals surface area contributed by atoms with Crippen LogP contribution in [-0.2, 0) is 6.54 Å². The van der Waals surface area contributed by atoms with E-state index in [0.717, 1.165) is 10.3 Å². The second kappa shape index (κ2) is 5.81. The van der Waals surface area contributed by atoms with Gasteiger partial charge in [0, 0.05) is 12.4 Å². The maximum Gasteiger partial charge on any atom is 0.321 e. The van der Waals surface area contributed by atoms with Crippen LogP contribution in [0.15, 0.2) is 64.3 Å². The number of pyridine rings is 1. The average molecular weight is 338 g/mol. The van der Waals surface area contributed by atoms with Crippen LogP contribution in [-0.4, -0.2) is 29.1 Å². The van der Waals surface area contributed by atoms with Crippen LogP contribution in [0.2, 0.25) is 0 Å². The van der Waals surface area contributed by atoms with Gasteiger partial charge in [-0.1, -0.05) is 10.9 Å². The molecule has 1 aliphatic carbocycles. The van der Waals surface area contributed by atoms with E-state index in [9.17, 15) is 14.0 Å². The molecule has 3 aromatic heterocycles. The van der Waals surface area contributed by atoms with Crippen LogP contribution in [0.25, 0.3) is 11.4 Å². The summed E-state index contributed by atoms with van der Waals surface area (Å²) in [7, 11) is 0. The second-order valence-electron chi connectivity index (χ2n) is 5.42. The molecular formula is C16H11FN6O2. The molecule has 1 aliphatic rings. The van der Waals surface area contributed by atoms with Gasteiger partial charge in [0.15, 0.2) is 5.83 Å². The summed E-state index contributed by atoms with van der Waals surface area (Å²) in [4.78, 5) is 28.6. The van der Waals surface area contributed by atoms with Gasteiger partial charge in [0.2, 0.25) is 0 Å². The lowest BCUT2D eigenvalue weighted by Crippen LogP contribution is -2.40. The molecule has 0 aliphatic heterocycles. The largest absolute Gasteiger partial charge is 0.321 e. The molecule has 0 fully saturated rings. The lowest BCUT2D eigenvalue weighted by Gasteiger charge is -2.13. The molecule has 3 aromatic rings. The summed E-state index contributed by atoms with van der Waals surface area (Å²) in [6.07, 6.45) is 7.76. The Hall–Kier alpha value is -3.58. The van der Waals surface area contributed by atoms with E-state index in [2.05, 4.69) is 21.0 Å². The molecule has 0 unspecified atom stereocenters. The number of nitrogens with zero attached hydrogens (tertiary/aromatic N) is 6. The first-order chi connectivity index (χ1) is 12.1. The molecule has 0 aromatic carbocycles. The Morgan fingerprint density at radius 1 is 1.16 bits per heavy atom.